The van der Waals surface area contributed by atoms with E-state index in [-0.39, 0.29) is 30.3 Å². The Kier molecular flexibility index (Phi) is 4.64. The molecule has 8 nitrogen and oxygen atoms in total. The molecule has 1 rings (SSSR count). The second kappa shape index (κ2) is 5.99. The number of nitrogens with one attached hydrogen (secondary N) is 2. The standard InChI is InChI=1S/C10H18N6O2/c1-6(2)13-9(18)7(3)14-8(17)4-16-5-12-10(11)15-16/h5-7H,4H2,1-3H3,(H2,11,15)(H,13,18)(H,14,17). The summed E-state index contributed by atoms with van der Waals surface area (Å²) in [6, 6.07) is -0.562. The molecular weight excluding hydrogens is 236 g/mol. The molecule has 1 aromatic heterocycles. The molecule has 0 bridgehead atoms. The number of hydrogen-bond donors (Lipinski definition) is 3. The van der Waals surface area contributed by atoms with Gasteiger partial charge in [0.1, 0.15) is 18.9 Å². The van der Waals surface area contributed by atoms with Gasteiger partial charge in [-0.05, 0) is 20.8 Å². The van der Waals surface area contributed by atoms with Crippen LogP contribution in [0.4, 0.5) is 5.95 Å². The highest BCUT2D eigenvalue weighted by atomic mass is 16.2. The van der Waals surface area contributed by atoms with E-state index in [1.807, 2.05) is 13.8 Å². The average molecular weight is 254 g/mol. The zero-order valence-electron chi connectivity index (χ0n) is 10.7. The summed E-state index contributed by atoms with van der Waals surface area (Å²) in [5.74, 6) is -0.448. The molecule has 0 fully saturated rings. The lowest BCUT2D eigenvalue weighted by molar-refractivity contribution is -0.129. The van der Waals surface area contributed by atoms with Gasteiger partial charge in [0.2, 0.25) is 17.8 Å². The third-order valence-electron chi connectivity index (χ3n) is 2.06. The number of rotatable bonds is 5. The Morgan fingerprint density at radius 3 is 2.56 bits per heavy atom. The quantitative estimate of drug-likeness (QED) is 0.616. The van der Waals surface area contributed by atoms with Crippen molar-refractivity contribution in [1.82, 2.24) is 25.4 Å². The summed E-state index contributed by atoms with van der Waals surface area (Å²) in [5.41, 5.74) is 5.32. The lowest BCUT2D eigenvalue weighted by Gasteiger charge is -2.15. The number of nitrogen functional groups attached to an aromatic ring is 1. The zero-order valence-corrected chi connectivity index (χ0v) is 10.7. The van der Waals surface area contributed by atoms with E-state index >= 15 is 0 Å². The second-order valence-corrected chi connectivity index (χ2v) is 4.25. The molecule has 4 N–H and O–H groups in total. The van der Waals surface area contributed by atoms with Gasteiger partial charge in [-0.25, -0.2) is 9.67 Å². The summed E-state index contributed by atoms with van der Waals surface area (Å²) >= 11 is 0. The third-order valence-corrected chi connectivity index (χ3v) is 2.06. The Morgan fingerprint density at radius 1 is 1.39 bits per heavy atom. The van der Waals surface area contributed by atoms with Crippen molar-refractivity contribution in [1.29, 1.82) is 0 Å². The Bertz CT molecular complexity index is 428. The fraction of sp³-hybridized carbons (Fsp3) is 0.600. The van der Waals surface area contributed by atoms with E-state index in [4.69, 9.17) is 5.73 Å². The molecule has 0 aliphatic carbocycles. The maximum Gasteiger partial charge on any atom is 0.242 e. The molecule has 100 valence electrons. The first-order valence-electron chi connectivity index (χ1n) is 5.63. The number of nitrogens with zero attached hydrogens (tertiary/aromatic N) is 3. The molecule has 1 heterocycles. The van der Waals surface area contributed by atoms with Crippen LogP contribution in [0.1, 0.15) is 20.8 Å². The molecule has 0 aliphatic heterocycles. The fourth-order valence-corrected chi connectivity index (χ4v) is 1.29. The third kappa shape index (κ3) is 4.40. The monoisotopic (exact) mass is 254 g/mol. The van der Waals surface area contributed by atoms with Crippen LogP contribution in [0, 0.1) is 0 Å². The molecule has 2 amide bonds. The Balaban J connectivity index is 2.42. The van der Waals surface area contributed by atoms with Crippen LogP contribution in [-0.4, -0.2) is 38.7 Å². The maximum atomic E-state index is 11.6. The second-order valence-electron chi connectivity index (χ2n) is 4.25. The van der Waals surface area contributed by atoms with Gasteiger partial charge in [-0.1, -0.05) is 0 Å². The summed E-state index contributed by atoms with van der Waals surface area (Å²) in [6.07, 6.45) is 1.35. The van der Waals surface area contributed by atoms with Crippen molar-refractivity contribution in [2.75, 3.05) is 5.73 Å². The zero-order chi connectivity index (χ0) is 13.7. The van der Waals surface area contributed by atoms with Crippen LogP contribution in [-0.2, 0) is 16.1 Å². The first-order valence-corrected chi connectivity index (χ1v) is 5.63. The average Bonchev–Trinajstić information content (AvgIpc) is 2.62. The molecular formula is C10H18N6O2. The molecule has 0 spiro atoms. The molecule has 0 saturated carbocycles. The number of carbonyl (C=O) groups is 2. The van der Waals surface area contributed by atoms with E-state index < -0.39 is 6.04 Å². The van der Waals surface area contributed by atoms with Gasteiger partial charge >= 0.3 is 0 Å². The van der Waals surface area contributed by atoms with Crippen LogP contribution >= 0.6 is 0 Å². The van der Waals surface area contributed by atoms with E-state index in [9.17, 15) is 9.59 Å². The molecule has 8 heteroatoms. The number of anilines is 1. The van der Waals surface area contributed by atoms with Gasteiger partial charge in [-0.15, -0.1) is 5.10 Å². The highest BCUT2D eigenvalue weighted by Crippen LogP contribution is 1.91. The molecule has 1 unspecified atom stereocenters. The molecule has 0 saturated heterocycles. The largest absolute Gasteiger partial charge is 0.367 e. The number of nitrogens with two attached hydrogens (primary N) is 1. The number of hydrogen-bond acceptors (Lipinski definition) is 5. The van der Waals surface area contributed by atoms with Crippen LogP contribution in [0.15, 0.2) is 6.33 Å². The van der Waals surface area contributed by atoms with Gasteiger partial charge in [-0.3, -0.25) is 9.59 Å². The number of amides is 2. The van der Waals surface area contributed by atoms with Crippen molar-refractivity contribution in [2.24, 2.45) is 0 Å². The highest BCUT2D eigenvalue weighted by molar-refractivity contribution is 5.87. The van der Waals surface area contributed by atoms with Crippen LogP contribution in [0.3, 0.4) is 0 Å². The summed E-state index contributed by atoms with van der Waals surface area (Å²) < 4.78 is 1.30. The van der Waals surface area contributed by atoms with Crippen LogP contribution in [0.5, 0.6) is 0 Å². The van der Waals surface area contributed by atoms with Gasteiger partial charge in [-0.2, -0.15) is 0 Å². The predicted octanol–water partition coefficient (Wildman–Crippen LogP) is -1.11. The minimum absolute atomic E-state index is 0.0243. The van der Waals surface area contributed by atoms with Crippen molar-refractivity contribution >= 4 is 17.8 Å². The van der Waals surface area contributed by atoms with Gasteiger partial charge in [0, 0.05) is 6.04 Å². The smallest absolute Gasteiger partial charge is 0.242 e. The summed E-state index contributed by atoms with van der Waals surface area (Å²) in [6.45, 7) is 5.30. The molecule has 1 aromatic rings. The van der Waals surface area contributed by atoms with Gasteiger partial charge < -0.3 is 16.4 Å². The lowest BCUT2D eigenvalue weighted by atomic mass is 10.3. The molecule has 18 heavy (non-hydrogen) atoms. The molecule has 1 atom stereocenters. The van der Waals surface area contributed by atoms with Gasteiger partial charge in [0.05, 0.1) is 0 Å². The topological polar surface area (TPSA) is 115 Å². The minimum atomic E-state index is -0.597. The van der Waals surface area contributed by atoms with Gasteiger partial charge in [0.15, 0.2) is 0 Å². The normalized spacial score (nSPS) is 12.2. The summed E-state index contributed by atoms with van der Waals surface area (Å²) in [5, 5.41) is 9.04. The van der Waals surface area contributed by atoms with Crippen molar-refractivity contribution in [3.63, 3.8) is 0 Å². The maximum absolute atomic E-state index is 11.6. The Hall–Kier alpha value is -2.12. The van der Waals surface area contributed by atoms with Gasteiger partial charge in [0.25, 0.3) is 0 Å². The van der Waals surface area contributed by atoms with Crippen molar-refractivity contribution in [3.05, 3.63) is 6.33 Å². The van der Waals surface area contributed by atoms with Crippen molar-refractivity contribution in [2.45, 2.75) is 39.4 Å². The summed E-state index contributed by atoms with van der Waals surface area (Å²) in [7, 11) is 0. The Morgan fingerprint density at radius 2 is 2.06 bits per heavy atom. The van der Waals surface area contributed by atoms with Crippen molar-refractivity contribution in [3.8, 4) is 0 Å². The molecule has 0 aromatic carbocycles. The van der Waals surface area contributed by atoms with E-state index in [0.717, 1.165) is 0 Å². The first-order chi connectivity index (χ1) is 8.38. The summed E-state index contributed by atoms with van der Waals surface area (Å²) in [4.78, 5) is 26.9. The van der Waals surface area contributed by atoms with Crippen LogP contribution in [0.25, 0.3) is 0 Å². The first kappa shape index (κ1) is 13.9. The van der Waals surface area contributed by atoms with Crippen LogP contribution in [0.2, 0.25) is 0 Å². The van der Waals surface area contributed by atoms with E-state index in [1.165, 1.54) is 11.0 Å². The minimum Gasteiger partial charge on any atom is -0.367 e. The Labute approximate surface area is 105 Å². The van der Waals surface area contributed by atoms with E-state index in [0.29, 0.717) is 0 Å². The fourth-order valence-electron chi connectivity index (χ4n) is 1.29. The lowest BCUT2D eigenvalue weighted by Crippen LogP contribution is -2.47. The SMILES string of the molecule is CC(C)NC(=O)C(C)NC(=O)Cn1cnc(N)n1. The van der Waals surface area contributed by atoms with Crippen molar-refractivity contribution < 1.29 is 9.59 Å². The molecule has 0 radical (unpaired) electrons. The highest BCUT2D eigenvalue weighted by Gasteiger charge is 2.16. The van der Waals surface area contributed by atoms with E-state index in [1.54, 1.807) is 6.92 Å². The number of carbonyl (C=O) groups excluding carboxylic acids is 2. The molecule has 0 aliphatic rings. The predicted molar refractivity (Wildman–Crippen MR) is 65.3 cm³/mol. The van der Waals surface area contributed by atoms with Crippen LogP contribution < -0.4 is 16.4 Å². The number of aromatic nitrogens is 3. The van der Waals surface area contributed by atoms with E-state index in [2.05, 4.69) is 20.7 Å².